The second kappa shape index (κ2) is 9.10. The summed E-state index contributed by atoms with van der Waals surface area (Å²) in [4.78, 5) is 8.87. The second-order valence-electron chi connectivity index (χ2n) is 7.58. The number of hydrogen-bond donors (Lipinski definition) is 3. The third-order valence-electron chi connectivity index (χ3n) is 4.95. The molecule has 0 saturated heterocycles. The highest BCUT2D eigenvalue weighted by atomic mass is 32.2. The third kappa shape index (κ3) is 4.92. The van der Waals surface area contributed by atoms with E-state index in [4.69, 9.17) is 4.74 Å². The van der Waals surface area contributed by atoms with Crippen molar-refractivity contribution in [2.24, 2.45) is 0 Å². The molecule has 1 atom stereocenters. The summed E-state index contributed by atoms with van der Waals surface area (Å²) in [5.74, 6) is 0.643. The number of nitrogens with one attached hydrogen (secondary N) is 2. The van der Waals surface area contributed by atoms with Crippen LogP contribution in [-0.2, 0) is 10.0 Å². The summed E-state index contributed by atoms with van der Waals surface area (Å²) < 4.78 is 33.5. The molecule has 0 amide bonds. The van der Waals surface area contributed by atoms with Gasteiger partial charge in [-0.25, -0.2) is 13.4 Å². The summed E-state index contributed by atoms with van der Waals surface area (Å²) in [6, 6.07) is 13.9. The lowest BCUT2D eigenvalue weighted by atomic mass is 10.1. The zero-order valence-electron chi connectivity index (χ0n) is 18.3. The quantitative estimate of drug-likeness (QED) is 0.356. The minimum Gasteiger partial charge on any atom is -0.438 e. The summed E-state index contributed by atoms with van der Waals surface area (Å²) >= 11 is 0. The molecule has 0 radical (unpaired) electrons. The first-order chi connectivity index (χ1) is 15.7. The monoisotopic (exact) mass is 465 g/mol. The van der Waals surface area contributed by atoms with Crippen LogP contribution >= 0.6 is 0 Å². The van der Waals surface area contributed by atoms with E-state index in [1.807, 2.05) is 39.0 Å². The average Bonchev–Trinajstić information content (AvgIpc) is 3.32. The molecule has 0 bridgehead atoms. The van der Waals surface area contributed by atoms with Gasteiger partial charge >= 0.3 is 0 Å². The van der Waals surface area contributed by atoms with Gasteiger partial charge in [-0.1, -0.05) is 23.8 Å². The van der Waals surface area contributed by atoms with Crippen molar-refractivity contribution in [2.45, 2.75) is 32.0 Å². The number of sulfonamides is 1. The van der Waals surface area contributed by atoms with Crippen LogP contribution in [0.2, 0.25) is 0 Å². The molecular weight excluding hydrogens is 442 g/mol. The predicted molar refractivity (Wildman–Crippen MR) is 122 cm³/mol. The molecule has 0 aliphatic heterocycles. The fourth-order valence-electron chi connectivity index (χ4n) is 3.49. The van der Waals surface area contributed by atoms with Gasteiger partial charge in [0, 0.05) is 6.20 Å². The average molecular weight is 466 g/mol. The number of nitrogens with zero attached hydrogens (tertiary/aromatic N) is 3. The molecule has 0 aliphatic carbocycles. The van der Waals surface area contributed by atoms with Crippen molar-refractivity contribution in [3.8, 4) is 23.0 Å². The molecule has 4 rings (SSSR count). The van der Waals surface area contributed by atoms with Crippen LogP contribution in [-0.4, -0.2) is 33.7 Å². The van der Waals surface area contributed by atoms with E-state index < -0.39 is 16.3 Å². The number of rotatable bonds is 7. The molecule has 170 valence electrons. The Morgan fingerprint density at radius 2 is 1.76 bits per heavy atom. The summed E-state index contributed by atoms with van der Waals surface area (Å²) in [7, 11) is -4.05. The molecule has 4 aromatic rings. The molecule has 3 heterocycles. The number of aliphatic hydroxyl groups is 1. The van der Waals surface area contributed by atoms with Crippen molar-refractivity contribution >= 4 is 10.0 Å². The molecule has 0 saturated carbocycles. The first-order valence-corrected chi connectivity index (χ1v) is 11.6. The lowest BCUT2D eigenvalue weighted by Gasteiger charge is -2.19. The van der Waals surface area contributed by atoms with E-state index in [-0.39, 0.29) is 16.5 Å². The molecule has 3 aromatic heterocycles. The van der Waals surface area contributed by atoms with Crippen molar-refractivity contribution in [1.82, 2.24) is 24.9 Å². The molecule has 3 N–H and O–H groups in total. The predicted octanol–water partition coefficient (Wildman–Crippen LogP) is 3.55. The molecular formula is C23H23N5O4S. The Bertz CT molecular complexity index is 1350. The minimum absolute atomic E-state index is 0.0630. The highest BCUT2D eigenvalue weighted by Crippen LogP contribution is 2.34. The highest BCUT2D eigenvalue weighted by Gasteiger charge is 2.25. The van der Waals surface area contributed by atoms with Crippen LogP contribution in [0.4, 0.5) is 0 Å². The Labute approximate surface area is 191 Å². The fourth-order valence-corrected chi connectivity index (χ4v) is 4.45. The Morgan fingerprint density at radius 1 is 1.00 bits per heavy atom. The number of benzene rings is 1. The standard InChI is InChI=1S/C23H23N5O4S/c1-14-12-15(2)21(16(3)13-14)32-23-17(7-8-19(26-23)18-6-4-5-10-24-18)22(29)28-33(30,31)20-9-11-25-27-20/h4-13,22,28-29H,1-3H3,(H,25,27). The molecule has 9 nitrogen and oxygen atoms in total. The normalized spacial score (nSPS) is 12.5. The van der Waals surface area contributed by atoms with E-state index in [1.54, 1.807) is 30.5 Å². The van der Waals surface area contributed by atoms with Crippen LogP contribution in [0, 0.1) is 20.8 Å². The van der Waals surface area contributed by atoms with Gasteiger partial charge in [-0.2, -0.15) is 9.82 Å². The van der Waals surface area contributed by atoms with Gasteiger partial charge in [0.2, 0.25) is 5.88 Å². The van der Waals surface area contributed by atoms with Gasteiger partial charge in [0.05, 0.1) is 23.1 Å². The summed E-state index contributed by atoms with van der Waals surface area (Å²) in [6.45, 7) is 5.81. The smallest absolute Gasteiger partial charge is 0.259 e. The van der Waals surface area contributed by atoms with Crippen LogP contribution in [0.15, 0.2) is 66.0 Å². The number of ether oxygens (including phenoxy) is 1. The molecule has 10 heteroatoms. The van der Waals surface area contributed by atoms with Crippen LogP contribution in [0.5, 0.6) is 11.6 Å². The van der Waals surface area contributed by atoms with Crippen LogP contribution in [0.25, 0.3) is 11.4 Å². The second-order valence-corrected chi connectivity index (χ2v) is 9.26. The number of aromatic nitrogens is 4. The summed E-state index contributed by atoms with van der Waals surface area (Å²) in [6.07, 6.45) is 1.33. The van der Waals surface area contributed by atoms with Crippen LogP contribution < -0.4 is 9.46 Å². The maximum Gasteiger partial charge on any atom is 0.259 e. The zero-order chi connectivity index (χ0) is 23.6. The number of aliphatic hydroxyl groups excluding tert-OH is 1. The van der Waals surface area contributed by atoms with E-state index in [0.717, 1.165) is 16.7 Å². The molecule has 1 aromatic carbocycles. The molecule has 1 unspecified atom stereocenters. The largest absolute Gasteiger partial charge is 0.438 e. The summed E-state index contributed by atoms with van der Waals surface area (Å²) in [5, 5.41) is 16.6. The lowest BCUT2D eigenvalue weighted by Crippen LogP contribution is -2.29. The highest BCUT2D eigenvalue weighted by molar-refractivity contribution is 7.89. The maximum atomic E-state index is 12.6. The Balaban J connectivity index is 1.76. The first kappa shape index (κ1) is 22.6. The van der Waals surface area contributed by atoms with Gasteiger partial charge in [0.15, 0.2) is 5.03 Å². The third-order valence-corrected chi connectivity index (χ3v) is 6.29. The van der Waals surface area contributed by atoms with E-state index in [9.17, 15) is 13.5 Å². The molecule has 0 spiro atoms. The zero-order valence-corrected chi connectivity index (χ0v) is 19.1. The Kier molecular flexibility index (Phi) is 6.23. The van der Waals surface area contributed by atoms with E-state index >= 15 is 0 Å². The van der Waals surface area contributed by atoms with Crippen LogP contribution in [0.3, 0.4) is 0 Å². The van der Waals surface area contributed by atoms with Gasteiger partial charge in [-0.05, 0) is 62.2 Å². The number of H-pyrrole nitrogens is 1. The topological polar surface area (TPSA) is 130 Å². The number of aromatic amines is 1. The fraction of sp³-hybridized carbons (Fsp3) is 0.174. The van der Waals surface area contributed by atoms with Gasteiger partial charge < -0.3 is 9.84 Å². The van der Waals surface area contributed by atoms with E-state index in [1.165, 1.54) is 12.3 Å². The van der Waals surface area contributed by atoms with Crippen molar-refractivity contribution in [1.29, 1.82) is 0 Å². The SMILES string of the molecule is Cc1cc(C)c(Oc2nc(-c3ccccn3)ccc2C(O)NS(=O)(=O)c2ccn[nH]2)c(C)c1. The van der Waals surface area contributed by atoms with Crippen molar-refractivity contribution in [3.05, 3.63) is 83.2 Å². The van der Waals surface area contributed by atoms with Gasteiger partial charge in [-0.3, -0.25) is 10.1 Å². The van der Waals surface area contributed by atoms with Gasteiger partial charge in [-0.15, -0.1) is 0 Å². The Morgan fingerprint density at radius 3 is 2.39 bits per heavy atom. The molecule has 0 aliphatic rings. The maximum absolute atomic E-state index is 12.6. The van der Waals surface area contributed by atoms with Crippen molar-refractivity contribution in [3.63, 3.8) is 0 Å². The molecule has 33 heavy (non-hydrogen) atoms. The van der Waals surface area contributed by atoms with E-state index in [0.29, 0.717) is 17.1 Å². The number of pyridine rings is 2. The van der Waals surface area contributed by atoms with Crippen molar-refractivity contribution < 1.29 is 18.3 Å². The minimum atomic E-state index is -4.05. The number of aryl methyl sites for hydroxylation is 3. The van der Waals surface area contributed by atoms with Crippen LogP contribution in [0.1, 0.15) is 28.5 Å². The van der Waals surface area contributed by atoms with E-state index in [2.05, 4.69) is 24.9 Å². The van der Waals surface area contributed by atoms with Gasteiger partial charge in [0.1, 0.15) is 12.0 Å². The number of hydrogen-bond acceptors (Lipinski definition) is 7. The Hall–Kier alpha value is -3.60. The lowest BCUT2D eigenvalue weighted by molar-refractivity contribution is 0.162. The first-order valence-electron chi connectivity index (χ1n) is 10.1. The van der Waals surface area contributed by atoms with Gasteiger partial charge in [0.25, 0.3) is 10.0 Å². The van der Waals surface area contributed by atoms with Crippen molar-refractivity contribution in [2.75, 3.05) is 0 Å². The summed E-state index contributed by atoms with van der Waals surface area (Å²) in [5.41, 5.74) is 4.13. The molecule has 0 fully saturated rings.